The molecular weight excluding hydrogens is 413 g/mol. The molecule has 1 amide bonds. The fourth-order valence-electron chi connectivity index (χ4n) is 4.09. The standard InChI is InChI=1S/C25H18FNO5/c1-2-31-18-9-7-16(8-10-18)27-22(14-4-3-5-17(28)12-14)21-23(29)19-13-15(26)6-11-20(19)32-24(21)25(27)30/h3-13,22,28H,2H2,1H3. The first-order valence-corrected chi connectivity index (χ1v) is 10.1. The van der Waals surface area contributed by atoms with E-state index in [0.29, 0.717) is 23.6 Å². The lowest BCUT2D eigenvalue weighted by atomic mass is 9.98. The maximum atomic E-state index is 13.9. The van der Waals surface area contributed by atoms with Gasteiger partial charge in [-0.05, 0) is 67.1 Å². The molecule has 1 aromatic heterocycles. The van der Waals surface area contributed by atoms with Crippen LogP contribution in [0.3, 0.4) is 0 Å². The second-order valence-electron chi connectivity index (χ2n) is 7.41. The lowest BCUT2D eigenvalue weighted by molar-refractivity contribution is 0.0971. The number of benzene rings is 3. The summed E-state index contributed by atoms with van der Waals surface area (Å²) in [4.78, 5) is 28.3. The lowest BCUT2D eigenvalue weighted by Crippen LogP contribution is -2.29. The molecule has 0 spiro atoms. The predicted molar refractivity (Wildman–Crippen MR) is 117 cm³/mol. The van der Waals surface area contributed by atoms with E-state index >= 15 is 0 Å². The third kappa shape index (κ3) is 3.10. The molecule has 0 bridgehead atoms. The quantitative estimate of drug-likeness (QED) is 0.503. The number of fused-ring (bicyclic) bond motifs is 2. The first-order valence-electron chi connectivity index (χ1n) is 10.1. The molecule has 1 N–H and O–H groups in total. The lowest BCUT2D eigenvalue weighted by Gasteiger charge is -2.25. The van der Waals surface area contributed by atoms with Gasteiger partial charge in [0.15, 0.2) is 5.43 Å². The van der Waals surface area contributed by atoms with E-state index in [0.717, 1.165) is 6.07 Å². The Bertz CT molecular complexity index is 1410. The fourth-order valence-corrected chi connectivity index (χ4v) is 4.09. The summed E-state index contributed by atoms with van der Waals surface area (Å²) in [6.45, 7) is 2.37. The van der Waals surface area contributed by atoms with Gasteiger partial charge in [-0.3, -0.25) is 14.5 Å². The number of anilines is 1. The minimum Gasteiger partial charge on any atom is -0.508 e. The van der Waals surface area contributed by atoms with E-state index in [9.17, 15) is 19.1 Å². The molecule has 6 nitrogen and oxygen atoms in total. The van der Waals surface area contributed by atoms with Crippen LogP contribution in [0.2, 0.25) is 0 Å². The van der Waals surface area contributed by atoms with E-state index in [1.165, 1.54) is 29.2 Å². The Morgan fingerprint density at radius 3 is 2.56 bits per heavy atom. The molecule has 5 rings (SSSR count). The summed E-state index contributed by atoms with van der Waals surface area (Å²) in [6, 6.07) is 16.0. The summed E-state index contributed by atoms with van der Waals surface area (Å²) in [5.74, 6) is -0.542. The molecule has 1 aliphatic rings. The number of hydrogen-bond acceptors (Lipinski definition) is 5. The van der Waals surface area contributed by atoms with Crippen LogP contribution >= 0.6 is 0 Å². The van der Waals surface area contributed by atoms with E-state index < -0.39 is 23.2 Å². The minimum absolute atomic E-state index is 0.00809. The summed E-state index contributed by atoms with van der Waals surface area (Å²) in [5, 5.41) is 10.1. The van der Waals surface area contributed by atoms with Gasteiger partial charge in [0.05, 0.1) is 23.6 Å². The number of nitrogens with zero attached hydrogens (tertiary/aromatic N) is 1. The highest BCUT2D eigenvalue weighted by atomic mass is 19.1. The van der Waals surface area contributed by atoms with Crippen molar-refractivity contribution in [2.75, 3.05) is 11.5 Å². The molecule has 1 atom stereocenters. The zero-order valence-corrected chi connectivity index (χ0v) is 17.0. The van der Waals surface area contributed by atoms with Crippen LogP contribution in [0.15, 0.2) is 75.9 Å². The SMILES string of the molecule is CCOc1ccc(N2C(=O)c3oc4ccc(F)cc4c(=O)c3C2c2cccc(O)c2)cc1. The van der Waals surface area contributed by atoms with Crippen LogP contribution in [0, 0.1) is 5.82 Å². The highest BCUT2D eigenvalue weighted by Crippen LogP contribution is 2.42. The molecule has 32 heavy (non-hydrogen) atoms. The molecule has 0 saturated carbocycles. The van der Waals surface area contributed by atoms with Crippen molar-refractivity contribution in [3.63, 3.8) is 0 Å². The normalized spacial score (nSPS) is 15.2. The van der Waals surface area contributed by atoms with Gasteiger partial charge in [-0.1, -0.05) is 12.1 Å². The average molecular weight is 431 g/mol. The maximum Gasteiger partial charge on any atom is 0.295 e. The molecule has 2 heterocycles. The summed E-state index contributed by atoms with van der Waals surface area (Å²) in [7, 11) is 0. The molecule has 160 valence electrons. The maximum absolute atomic E-state index is 13.9. The smallest absolute Gasteiger partial charge is 0.295 e. The largest absolute Gasteiger partial charge is 0.508 e. The number of rotatable bonds is 4. The Morgan fingerprint density at radius 2 is 1.84 bits per heavy atom. The van der Waals surface area contributed by atoms with Crippen molar-refractivity contribution >= 4 is 22.6 Å². The number of phenolic OH excluding ortho intramolecular Hbond substituents is 1. The number of halogens is 1. The summed E-state index contributed by atoms with van der Waals surface area (Å²) in [5.41, 5.74) is 0.789. The minimum atomic E-state index is -0.855. The molecule has 0 saturated heterocycles. The van der Waals surface area contributed by atoms with Gasteiger partial charge in [0, 0.05) is 5.69 Å². The van der Waals surface area contributed by atoms with Crippen LogP contribution in [0.5, 0.6) is 11.5 Å². The number of carbonyl (C=O) groups is 1. The highest BCUT2D eigenvalue weighted by molar-refractivity contribution is 6.10. The van der Waals surface area contributed by atoms with Gasteiger partial charge in [-0.25, -0.2) is 4.39 Å². The van der Waals surface area contributed by atoms with E-state index in [4.69, 9.17) is 9.15 Å². The summed E-state index contributed by atoms with van der Waals surface area (Å²) in [6.07, 6.45) is 0. The highest BCUT2D eigenvalue weighted by Gasteiger charge is 2.43. The van der Waals surface area contributed by atoms with Crippen LogP contribution in [-0.4, -0.2) is 17.6 Å². The van der Waals surface area contributed by atoms with Crippen molar-refractivity contribution in [1.29, 1.82) is 0 Å². The Kier molecular flexibility index (Phi) is 4.66. The first-order chi connectivity index (χ1) is 15.5. The van der Waals surface area contributed by atoms with Crippen molar-refractivity contribution in [3.05, 3.63) is 99.7 Å². The molecule has 3 aromatic carbocycles. The van der Waals surface area contributed by atoms with E-state index in [1.807, 2.05) is 6.92 Å². The number of amides is 1. The van der Waals surface area contributed by atoms with Gasteiger partial charge < -0.3 is 14.3 Å². The van der Waals surface area contributed by atoms with Gasteiger partial charge in [-0.15, -0.1) is 0 Å². The third-order valence-corrected chi connectivity index (χ3v) is 5.44. The second kappa shape index (κ2) is 7.53. The van der Waals surface area contributed by atoms with Crippen molar-refractivity contribution in [2.24, 2.45) is 0 Å². The number of carbonyl (C=O) groups excluding carboxylic acids is 1. The number of aromatic hydroxyl groups is 1. The molecule has 7 heteroatoms. The Labute approximate surface area is 182 Å². The van der Waals surface area contributed by atoms with Crippen LogP contribution in [0.4, 0.5) is 10.1 Å². The topological polar surface area (TPSA) is 80.0 Å². The summed E-state index contributed by atoms with van der Waals surface area (Å²) < 4.78 is 25.1. The zero-order chi connectivity index (χ0) is 22.4. The molecular formula is C25H18FNO5. The first kappa shape index (κ1) is 19.8. The Hall–Kier alpha value is -4.13. The molecule has 0 aliphatic carbocycles. The van der Waals surface area contributed by atoms with Crippen molar-refractivity contribution < 1.29 is 23.4 Å². The predicted octanol–water partition coefficient (Wildman–Crippen LogP) is 4.79. The van der Waals surface area contributed by atoms with Crippen molar-refractivity contribution in [1.82, 2.24) is 0 Å². The Morgan fingerprint density at radius 1 is 1.06 bits per heavy atom. The van der Waals surface area contributed by atoms with E-state index in [-0.39, 0.29) is 28.0 Å². The van der Waals surface area contributed by atoms with Crippen LogP contribution in [-0.2, 0) is 0 Å². The molecule has 4 aromatic rings. The average Bonchev–Trinajstić information content (AvgIpc) is 3.08. The second-order valence-corrected chi connectivity index (χ2v) is 7.41. The Balaban J connectivity index is 1.76. The number of hydrogen-bond donors (Lipinski definition) is 1. The summed E-state index contributed by atoms with van der Waals surface area (Å²) >= 11 is 0. The van der Waals surface area contributed by atoms with Gasteiger partial charge in [0.1, 0.15) is 22.9 Å². The van der Waals surface area contributed by atoms with Crippen molar-refractivity contribution in [2.45, 2.75) is 13.0 Å². The fraction of sp³-hybridized carbons (Fsp3) is 0.120. The monoisotopic (exact) mass is 431 g/mol. The van der Waals surface area contributed by atoms with Crippen LogP contribution < -0.4 is 15.1 Å². The number of phenols is 1. The number of ether oxygens (including phenoxy) is 1. The zero-order valence-electron chi connectivity index (χ0n) is 17.0. The molecule has 0 fully saturated rings. The van der Waals surface area contributed by atoms with Crippen molar-refractivity contribution in [3.8, 4) is 11.5 Å². The van der Waals surface area contributed by atoms with Crippen LogP contribution in [0.1, 0.15) is 34.6 Å². The van der Waals surface area contributed by atoms with E-state index in [2.05, 4.69) is 0 Å². The molecule has 1 unspecified atom stereocenters. The van der Waals surface area contributed by atoms with E-state index in [1.54, 1.807) is 36.4 Å². The van der Waals surface area contributed by atoms with Gasteiger partial charge in [0.2, 0.25) is 5.76 Å². The van der Waals surface area contributed by atoms with Crippen LogP contribution in [0.25, 0.3) is 11.0 Å². The van der Waals surface area contributed by atoms with Gasteiger partial charge >= 0.3 is 0 Å². The van der Waals surface area contributed by atoms with Gasteiger partial charge in [-0.2, -0.15) is 0 Å². The van der Waals surface area contributed by atoms with Gasteiger partial charge in [0.25, 0.3) is 5.91 Å². The third-order valence-electron chi connectivity index (χ3n) is 5.44. The molecule has 0 radical (unpaired) electrons. The molecule has 1 aliphatic heterocycles.